The van der Waals surface area contributed by atoms with Crippen molar-refractivity contribution in [3.63, 3.8) is 0 Å². The van der Waals surface area contributed by atoms with Crippen LogP contribution in [0.3, 0.4) is 0 Å². The minimum absolute atomic E-state index is 0.218. The first-order chi connectivity index (χ1) is 11.8. The Bertz CT molecular complexity index is 633. The maximum absolute atomic E-state index is 12.1. The zero-order chi connectivity index (χ0) is 18.0. The Kier molecular flexibility index (Phi) is 5.46. The van der Waals surface area contributed by atoms with Crippen molar-refractivity contribution >= 4 is 22.0 Å². The Morgan fingerprint density at radius 1 is 1.32 bits per heavy atom. The van der Waals surface area contributed by atoms with Crippen LogP contribution in [0.1, 0.15) is 39.2 Å². The van der Waals surface area contributed by atoms with Crippen molar-refractivity contribution in [3.8, 4) is 11.5 Å². The highest BCUT2D eigenvalue weighted by Gasteiger charge is 2.27. The molecule has 1 aromatic carbocycles. The van der Waals surface area contributed by atoms with E-state index in [4.69, 9.17) is 14.2 Å². The van der Waals surface area contributed by atoms with Gasteiger partial charge in [0, 0.05) is 29.5 Å². The van der Waals surface area contributed by atoms with Gasteiger partial charge in [-0.3, -0.25) is 0 Å². The van der Waals surface area contributed by atoms with Crippen LogP contribution in [-0.4, -0.2) is 42.9 Å². The van der Waals surface area contributed by atoms with Crippen molar-refractivity contribution in [2.45, 2.75) is 45.6 Å². The van der Waals surface area contributed by atoms with E-state index in [0.29, 0.717) is 12.5 Å². The Hall–Kier alpha value is -1.43. The van der Waals surface area contributed by atoms with Gasteiger partial charge in [0.25, 0.3) is 0 Å². The van der Waals surface area contributed by atoms with Crippen LogP contribution in [-0.2, 0) is 11.2 Å². The Labute approximate surface area is 157 Å². The topological polar surface area (TPSA) is 48.0 Å². The van der Waals surface area contributed by atoms with E-state index in [0.717, 1.165) is 54.9 Å². The molecule has 0 N–H and O–H groups in total. The van der Waals surface area contributed by atoms with Crippen molar-refractivity contribution in [1.82, 2.24) is 4.90 Å². The Morgan fingerprint density at radius 3 is 2.72 bits per heavy atom. The van der Waals surface area contributed by atoms with Gasteiger partial charge in [0.05, 0.1) is 13.2 Å². The largest absolute Gasteiger partial charge is 0.489 e. The molecule has 2 aliphatic rings. The molecule has 0 aliphatic carbocycles. The molecule has 0 bridgehead atoms. The normalized spacial score (nSPS) is 17.8. The molecule has 0 saturated carbocycles. The van der Waals surface area contributed by atoms with Gasteiger partial charge in [-0.25, -0.2) is 4.79 Å². The van der Waals surface area contributed by atoms with Gasteiger partial charge in [0.15, 0.2) is 11.5 Å². The van der Waals surface area contributed by atoms with E-state index in [1.807, 2.05) is 26.8 Å². The molecule has 1 fully saturated rings. The molecule has 5 nitrogen and oxygen atoms in total. The number of nitrogens with zero attached hydrogens (tertiary/aromatic N) is 1. The average Bonchev–Trinajstić information content (AvgIpc) is 2.99. The highest BCUT2D eigenvalue weighted by molar-refractivity contribution is 9.10. The summed E-state index contributed by atoms with van der Waals surface area (Å²) in [5.74, 6) is 2.14. The SMILES string of the molecule is CC(C)(C)OC(=O)N1CCC(COc2cc(Br)cc3c2OCC3)CC1. The second-order valence-electron chi connectivity index (χ2n) is 7.71. The first kappa shape index (κ1) is 18.4. The van der Waals surface area contributed by atoms with Crippen LogP contribution >= 0.6 is 15.9 Å². The summed E-state index contributed by atoms with van der Waals surface area (Å²) in [7, 11) is 0. The van der Waals surface area contributed by atoms with Gasteiger partial charge >= 0.3 is 6.09 Å². The summed E-state index contributed by atoms with van der Waals surface area (Å²) in [6, 6.07) is 4.06. The molecular weight excluding hydrogens is 386 g/mol. The van der Waals surface area contributed by atoms with E-state index in [1.165, 1.54) is 5.56 Å². The predicted molar refractivity (Wildman–Crippen MR) is 99.4 cm³/mol. The minimum Gasteiger partial charge on any atom is -0.489 e. The lowest BCUT2D eigenvalue weighted by Gasteiger charge is -2.33. The summed E-state index contributed by atoms with van der Waals surface area (Å²) >= 11 is 3.54. The number of likely N-dealkylation sites (tertiary alicyclic amines) is 1. The third-order valence-electron chi connectivity index (χ3n) is 4.46. The molecule has 1 aromatic rings. The molecule has 1 saturated heterocycles. The number of benzene rings is 1. The number of amides is 1. The van der Waals surface area contributed by atoms with Crippen molar-refractivity contribution in [2.24, 2.45) is 5.92 Å². The number of halogens is 1. The van der Waals surface area contributed by atoms with E-state index in [2.05, 4.69) is 22.0 Å². The standard InChI is InChI=1S/C19H26BrNO4/c1-19(2,3)25-18(22)21-7-4-13(5-8-21)12-24-16-11-15(20)10-14-6-9-23-17(14)16/h10-11,13H,4-9,12H2,1-3H3. The number of hydrogen-bond acceptors (Lipinski definition) is 4. The summed E-state index contributed by atoms with van der Waals surface area (Å²) in [6.07, 6.45) is 2.57. The van der Waals surface area contributed by atoms with Gasteiger partial charge in [-0.1, -0.05) is 15.9 Å². The second kappa shape index (κ2) is 7.44. The quantitative estimate of drug-likeness (QED) is 0.738. The fraction of sp³-hybridized carbons (Fsp3) is 0.632. The van der Waals surface area contributed by atoms with E-state index < -0.39 is 5.60 Å². The average molecular weight is 412 g/mol. The third kappa shape index (κ3) is 4.81. The lowest BCUT2D eigenvalue weighted by atomic mass is 9.98. The van der Waals surface area contributed by atoms with Crippen LogP contribution in [0.5, 0.6) is 11.5 Å². The zero-order valence-electron chi connectivity index (χ0n) is 15.1. The Morgan fingerprint density at radius 2 is 2.04 bits per heavy atom. The fourth-order valence-corrected chi connectivity index (χ4v) is 3.64. The highest BCUT2D eigenvalue weighted by Crippen LogP contribution is 2.39. The maximum Gasteiger partial charge on any atom is 0.410 e. The van der Waals surface area contributed by atoms with Gasteiger partial charge < -0.3 is 19.1 Å². The number of ether oxygens (including phenoxy) is 3. The minimum atomic E-state index is -0.446. The number of rotatable bonds is 3. The number of carbonyl (C=O) groups excluding carboxylic acids is 1. The van der Waals surface area contributed by atoms with Crippen LogP contribution in [0.15, 0.2) is 16.6 Å². The van der Waals surface area contributed by atoms with Crippen LogP contribution < -0.4 is 9.47 Å². The first-order valence-electron chi connectivity index (χ1n) is 8.88. The second-order valence-corrected chi connectivity index (χ2v) is 8.63. The van der Waals surface area contributed by atoms with Crippen molar-refractivity contribution in [3.05, 3.63) is 22.2 Å². The third-order valence-corrected chi connectivity index (χ3v) is 4.91. The van der Waals surface area contributed by atoms with E-state index in [-0.39, 0.29) is 6.09 Å². The van der Waals surface area contributed by atoms with Crippen molar-refractivity contribution < 1.29 is 19.0 Å². The number of fused-ring (bicyclic) bond motifs is 1. The lowest BCUT2D eigenvalue weighted by molar-refractivity contribution is 0.0164. The van der Waals surface area contributed by atoms with Gasteiger partial charge in [-0.15, -0.1) is 0 Å². The van der Waals surface area contributed by atoms with Crippen LogP contribution in [0.2, 0.25) is 0 Å². The summed E-state index contributed by atoms with van der Waals surface area (Å²) < 4.78 is 18.2. The van der Waals surface area contributed by atoms with Crippen LogP contribution in [0, 0.1) is 5.92 Å². The maximum atomic E-state index is 12.1. The van der Waals surface area contributed by atoms with E-state index in [9.17, 15) is 4.79 Å². The number of piperidine rings is 1. The molecule has 0 atom stereocenters. The van der Waals surface area contributed by atoms with Crippen molar-refractivity contribution in [2.75, 3.05) is 26.3 Å². The van der Waals surface area contributed by atoms with Gasteiger partial charge in [0.1, 0.15) is 5.60 Å². The van der Waals surface area contributed by atoms with Crippen molar-refractivity contribution in [1.29, 1.82) is 0 Å². The molecule has 2 heterocycles. The molecule has 25 heavy (non-hydrogen) atoms. The highest BCUT2D eigenvalue weighted by atomic mass is 79.9. The summed E-state index contributed by atoms with van der Waals surface area (Å²) in [6.45, 7) is 8.48. The lowest BCUT2D eigenvalue weighted by Crippen LogP contribution is -2.42. The molecule has 2 aliphatic heterocycles. The summed E-state index contributed by atoms with van der Waals surface area (Å²) in [5.41, 5.74) is 0.752. The van der Waals surface area contributed by atoms with Gasteiger partial charge in [-0.05, 0) is 51.7 Å². The summed E-state index contributed by atoms with van der Waals surface area (Å²) in [5, 5.41) is 0. The van der Waals surface area contributed by atoms with Gasteiger partial charge in [0.2, 0.25) is 0 Å². The molecule has 0 radical (unpaired) electrons. The Balaban J connectivity index is 1.50. The fourth-order valence-electron chi connectivity index (χ4n) is 3.16. The van der Waals surface area contributed by atoms with Gasteiger partial charge in [-0.2, -0.15) is 0 Å². The smallest absolute Gasteiger partial charge is 0.410 e. The predicted octanol–water partition coefficient (Wildman–Crippen LogP) is 4.41. The zero-order valence-corrected chi connectivity index (χ0v) is 16.7. The number of hydrogen-bond donors (Lipinski definition) is 0. The van der Waals surface area contributed by atoms with E-state index >= 15 is 0 Å². The molecule has 0 spiro atoms. The summed E-state index contributed by atoms with van der Waals surface area (Å²) in [4.78, 5) is 13.9. The van der Waals surface area contributed by atoms with E-state index in [1.54, 1.807) is 4.90 Å². The molecule has 6 heteroatoms. The monoisotopic (exact) mass is 411 g/mol. The van der Waals surface area contributed by atoms with Crippen LogP contribution in [0.25, 0.3) is 0 Å². The number of carbonyl (C=O) groups is 1. The molecule has 1 amide bonds. The molecule has 138 valence electrons. The molecular formula is C19H26BrNO4. The van der Waals surface area contributed by atoms with Crippen LogP contribution in [0.4, 0.5) is 4.79 Å². The molecule has 0 aromatic heterocycles. The first-order valence-corrected chi connectivity index (χ1v) is 9.67. The molecule has 3 rings (SSSR count). The molecule has 0 unspecified atom stereocenters.